The quantitative estimate of drug-likeness (QED) is 0.846. The number of nitrogens with zero attached hydrogens (tertiary/aromatic N) is 1. The highest BCUT2D eigenvalue weighted by atomic mass is 16.5. The summed E-state index contributed by atoms with van der Waals surface area (Å²) in [6.45, 7) is 1.17. The zero-order valence-corrected chi connectivity index (χ0v) is 10.1. The fraction of sp³-hybridized carbons (Fsp3) is 0.500. The minimum absolute atomic E-state index is 0.668. The van der Waals surface area contributed by atoms with Crippen LogP contribution in [0.3, 0.4) is 0 Å². The van der Waals surface area contributed by atoms with Gasteiger partial charge >= 0.3 is 0 Å². The van der Waals surface area contributed by atoms with E-state index < -0.39 is 0 Å². The second-order valence-corrected chi connectivity index (χ2v) is 4.89. The summed E-state index contributed by atoms with van der Waals surface area (Å²) in [7, 11) is 1.69. The fourth-order valence-corrected chi connectivity index (χ4v) is 2.90. The molecule has 0 aromatic carbocycles. The molecule has 90 valence electrons. The van der Waals surface area contributed by atoms with Crippen molar-refractivity contribution in [1.29, 1.82) is 0 Å². The second kappa shape index (κ2) is 4.49. The standard InChI is InChI=1S/C14H18N2O/c1-17-13-6-12(8-15-9-13)11-3-2-10-4-5-16-14(10)7-11/h3,6,8-10,14,16H,2,4-5,7H2,1H3/t10-,14-/m1/s1. The maximum Gasteiger partial charge on any atom is 0.137 e. The van der Waals surface area contributed by atoms with Crippen LogP contribution in [0, 0.1) is 5.92 Å². The largest absolute Gasteiger partial charge is 0.495 e. The van der Waals surface area contributed by atoms with Crippen molar-refractivity contribution < 1.29 is 4.74 Å². The summed E-state index contributed by atoms with van der Waals surface area (Å²) >= 11 is 0. The molecular formula is C14H18N2O. The van der Waals surface area contributed by atoms with Crippen LogP contribution in [0.25, 0.3) is 5.57 Å². The third-order valence-corrected chi connectivity index (χ3v) is 3.92. The van der Waals surface area contributed by atoms with E-state index in [1.54, 1.807) is 13.3 Å². The molecule has 0 saturated carbocycles. The van der Waals surface area contributed by atoms with Gasteiger partial charge in [0.05, 0.1) is 13.3 Å². The molecule has 2 heterocycles. The van der Waals surface area contributed by atoms with Crippen molar-refractivity contribution in [2.45, 2.75) is 25.3 Å². The van der Waals surface area contributed by atoms with E-state index in [-0.39, 0.29) is 0 Å². The third-order valence-electron chi connectivity index (χ3n) is 3.92. The molecule has 0 bridgehead atoms. The number of fused-ring (bicyclic) bond motifs is 1. The van der Waals surface area contributed by atoms with Crippen molar-refractivity contribution >= 4 is 5.57 Å². The highest BCUT2D eigenvalue weighted by molar-refractivity contribution is 5.67. The first-order valence-corrected chi connectivity index (χ1v) is 6.28. The number of methoxy groups -OCH3 is 1. The van der Waals surface area contributed by atoms with Crippen LogP contribution >= 0.6 is 0 Å². The second-order valence-electron chi connectivity index (χ2n) is 4.89. The van der Waals surface area contributed by atoms with Crippen LogP contribution in [0.1, 0.15) is 24.8 Å². The lowest BCUT2D eigenvalue weighted by Gasteiger charge is -2.25. The van der Waals surface area contributed by atoms with Gasteiger partial charge in [-0.1, -0.05) is 6.08 Å². The first-order valence-electron chi connectivity index (χ1n) is 6.28. The molecule has 1 N–H and O–H groups in total. The Labute approximate surface area is 102 Å². The average molecular weight is 230 g/mol. The van der Waals surface area contributed by atoms with Crippen molar-refractivity contribution in [3.8, 4) is 5.75 Å². The van der Waals surface area contributed by atoms with Crippen molar-refractivity contribution in [2.24, 2.45) is 5.92 Å². The lowest BCUT2D eigenvalue weighted by Crippen LogP contribution is -2.29. The van der Waals surface area contributed by atoms with Gasteiger partial charge in [0.2, 0.25) is 0 Å². The number of rotatable bonds is 2. The van der Waals surface area contributed by atoms with Gasteiger partial charge in [-0.15, -0.1) is 0 Å². The number of hydrogen-bond acceptors (Lipinski definition) is 3. The molecule has 1 aliphatic carbocycles. The van der Waals surface area contributed by atoms with E-state index in [0.717, 1.165) is 18.1 Å². The van der Waals surface area contributed by atoms with E-state index in [1.165, 1.54) is 30.5 Å². The topological polar surface area (TPSA) is 34.1 Å². The summed E-state index contributed by atoms with van der Waals surface area (Å²) in [5.41, 5.74) is 2.61. The Hall–Kier alpha value is -1.35. The monoisotopic (exact) mass is 230 g/mol. The molecule has 0 amide bonds. The van der Waals surface area contributed by atoms with E-state index in [9.17, 15) is 0 Å². The van der Waals surface area contributed by atoms with Gasteiger partial charge in [0.15, 0.2) is 0 Å². The van der Waals surface area contributed by atoms with Crippen LogP contribution < -0.4 is 10.1 Å². The molecule has 1 fully saturated rings. The molecule has 2 atom stereocenters. The third kappa shape index (κ3) is 2.07. The van der Waals surface area contributed by atoms with Crippen LogP contribution in [0.5, 0.6) is 5.75 Å². The van der Waals surface area contributed by atoms with Gasteiger partial charge in [-0.25, -0.2) is 0 Å². The van der Waals surface area contributed by atoms with Gasteiger partial charge in [0.25, 0.3) is 0 Å². The summed E-state index contributed by atoms with van der Waals surface area (Å²) < 4.78 is 5.23. The Balaban J connectivity index is 1.84. The predicted molar refractivity (Wildman–Crippen MR) is 67.9 cm³/mol. The Morgan fingerprint density at radius 3 is 3.24 bits per heavy atom. The molecule has 0 spiro atoms. The lowest BCUT2D eigenvalue weighted by molar-refractivity contribution is 0.412. The zero-order chi connectivity index (χ0) is 11.7. The summed E-state index contributed by atoms with van der Waals surface area (Å²) in [5, 5.41) is 3.59. The van der Waals surface area contributed by atoms with E-state index in [0.29, 0.717) is 6.04 Å². The SMILES string of the molecule is COc1cncc(C2=CC[C@@H]3CCN[C@@H]3C2)c1. The number of ether oxygens (including phenoxy) is 1. The minimum atomic E-state index is 0.668. The van der Waals surface area contributed by atoms with Crippen molar-refractivity contribution in [3.05, 3.63) is 30.1 Å². The molecule has 3 heteroatoms. The molecule has 0 unspecified atom stereocenters. The highest BCUT2D eigenvalue weighted by Crippen LogP contribution is 2.35. The molecule has 3 nitrogen and oxygen atoms in total. The Morgan fingerprint density at radius 1 is 1.41 bits per heavy atom. The van der Waals surface area contributed by atoms with Crippen LogP contribution in [0.4, 0.5) is 0 Å². The zero-order valence-electron chi connectivity index (χ0n) is 10.1. The van der Waals surface area contributed by atoms with Gasteiger partial charge in [0.1, 0.15) is 5.75 Å². The van der Waals surface area contributed by atoms with E-state index in [1.807, 2.05) is 6.20 Å². The first kappa shape index (κ1) is 10.8. The summed E-state index contributed by atoms with van der Waals surface area (Å²) in [6, 6.07) is 2.75. The van der Waals surface area contributed by atoms with E-state index >= 15 is 0 Å². The van der Waals surface area contributed by atoms with Crippen molar-refractivity contribution in [2.75, 3.05) is 13.7 Å². The van der Waals surface area contributed by atoms with Gasteiger partial charge in [-0.05, 0) is 48.9 Å². The number of allylic oxidation sites excluding steroid dienone is 1. The maximum absolute atomic E-state index is 5.23. The smallest absolute Gasteiger partial charge is 0.137 e. The average Bonchev–Trinajstić information content (AvgIpc) is 2.86. The van der Waals surface area contributed by atoms with E-state index in [2.05, 4.69) is 22.4 Å². The van der Waals surface area contributed by atoms with E-state index in [4.69, 9.17) is 4.74 Å². The molecule has 1 aromatic rings. The number of nitrogens with one attached hydrogen (secondary N) is 1. The van der Waals surface area contributed by atoms with Crippen LogP contribution in [-0.2, 0) is 0 Å². The van der Waals surface area contributed by atoms with Gasteiger partial charge in [-0.2, -0.15) is 0 Å². The van der Waals surface area contributed by atoms with Crippen LogP contribution in [0.2, 0.25) is 0 Å². The Kier molecular flexibility index (Phi) is 2.85. The number of pyridine rings is 1. The predicted octanol–water partition coefficient (Wildman–Crippen LogP) is 2.25. The maximum atomic E-state index is 5.23. The minimum Gasteiger partial charge on any atom is -0.495 e. The molecule has 0 radical (unpaired) electrons. The molecule has 1 saturated heterocycles. The Bertz CT molecular complexity index is 442. The summed E-state index contributed by atoms with van der Waals surface area (Å²) in [5.74, 6) is 1.68. The fourth-order valence-electron chi connectivity index (χ4n) is 2.90. The Morgan fingerprint density at radius 2 is 2.35 bits per heavy atom. The summed E-state index contributed by atoms with van der Waals surface area (Å²) in [6.07, 6.45) is 9.71. The molecular weight excluding hydrogens is 212 g/mol. The first-order chi connectivity index (χ1) is 8.36. The molecule has 3 rings (SSSR count). The van der Waals surface area contributed by atoms with Gasteiger partial charge in [-0.3, -0.25) is 4.98 Å². The lowest BCUT2D eigenvalue weighted by atomic mass is 9.84. The van der Waals surface area contributed by atoms with Crippen LogP contribution in [-0.4, -0.2) is 24.7 Å². The molecule has 1 aliphatic heterocycles. The molecule has 1 aromatic heterocycles. The number of aromatic nitrogens is 1. The molecule has 2 aliphatic rings. The number of hydrogen-bond donors (Lipinski definition) is 1. The van der Waals surface area contributed by atoms with Crippen LogP contribution in [0.15, 0.2) is 24.5 Å². The van der Waals surface area contributed by atoms with Crippen molar-refractivity contribution in [1.82, 2.24) is 10.3 Å². The normalized spacial score (nSPS) is 27.5. The van der Waals surface area contributed by atoms with Gasteiger partial charge < -0.3 is 10.1 Å². The highest BCUT2D eigenvalue weighted by Gasteiger charge is 2.30. The van der Waals surface area contributed by atoms with Gasteiger partial charge in [0, 0.05) is 12.2 Å². The summed E-state index contributed by atoms with van der Waals surface area (Å²) in [4.78, 5) is 4.23. The molecule has 17 heavy (non-hydrogen) atoms. The van der Waals surface area contributed by atoms with Crippen molar-refractivity contribution in [3.63, 3.8) is 0 Å².